The van der Waals surface area contributed by atoms with Crippen LogP contribution in [-0.2, 0) is 9.47 Å². The van der Waals surface area contributed by atoms with Crippen LogP contribution in [-0.4, -0.2) is 35.1 Å². The second kappa shape index (κ2) is 4.27. The molecule has 3 aliphatic heterocycles. The summed E-state index contributed by atoms with van der Waals surface area (Å²) in [5, 5.41) is 23.9. The van der Waals surface area contributed by atoms with E-state index in [0.29, 0.717) is 31.1 Å². The Labute approximate surface area is 117 Å². The Bertz CT molecular complexity index is 498. The lowest BCUT2D eigenvalue weighted by molar-refractivity contribution is -0.00567. The van der Waals surface area contributed by atoms with Gasteiger partial charge in [0.05, 0.1) is 30.9 Å². The van der Waals surface area contributed by atoms with Crippen molar-refractivity contribution in [1.29, 1.82) is 0 Å². The lowest BCUT2D eigenvalue weighted by Gasteiger charge is -2.46. The van der Waals surface area contributed by atoms with Crippen molar-refractivity contribution in [3.8, 4) is 0 Å². The first kappa shape index (κ1) is 12.3. The third kappa shape index (κ3) is 1.56. The standard InChI is InChI=1S/C15H19NO4/c17-10-1-2-11(18)14-12(10)13-9(7-16-14)8-20-15(13)3-5-19-6-4-15/h3-6,9-10,12-13,16-18H,1-2,7-8H2. The van der Waals surface area contributed by atoms with Gasteiger partial charge in [-0.15, -0.1) is 0 Å². The molecular formula is C15H19NO4. The lowest BCUT2D eigenvalue weighted by atomic mass is 9.65. The van der Waals surface area contributed by atoms with Crippen LogP contribution < -0.4 is 5.32 Å². The Hall–Kier alpha value is -1.46. The number of fused-ring (bicyclic) bond motifs is 4. The van der Waals surface area contributed by atoms with E-state index in [-0.39, 0.29) is 11.8 Å². The normalized spacial score (nSPS) is 41.0. The van der Waals surface area contributed by atoms with Crippen LogP contribution in [0.3, 0.4) is 0 Å². The molecule has 5 nitrogen and oxygen atoms in total. The molecule has 0 saturated carbocycles. The molecule has 3 N–H and O–H groups in total. The SMILES string of the molecule is OC1=C2NCC3COC4(C=COC=C4)C3C2C(O)CC1. The second-order valence-electron chi connectivity index (χ2n) is 6.07. The molecule has 4 atom stereocenters. The van der Waals surface area contributed by atoms with E-state index in [1.165, 1.54) is 0 Å². The quantitative estimate of drug-likeness (QED) is 0.620. The van der Waals surface area contributed by atoms with E-state index in [2.05, 4.69) is 5.32 Å². The highest BCUT2D eigenvalue weighted by Gasteiger charge is 2.56. The third-order valence-corrected chi connectivity index (χ3v) is 5.07. The van der Waals surface area contributed by atoms with Gasteiger partial charge in [-0.2, -0.15) is 0 Å². The maximum absolute atomic E-state index is 10.5. The van der Waals surface area contributed by atoms with Crippen molar-refractivity contribution in [1.82, 2.24) is 5.32 Å². The molecule has 2 fully saturated rings. The number of aliphatic hydroxyl groups excluding tert-OH is 2. The molecule has 20 heavy (non-hydrogen) atoms. The number of allylic oxidation sites excluding steroid dienone is 1. The largest absolute Gasteiger partial charge is 0.511 e. The van der Waals surface area contributed by atoms with E-state index < -0.39 is 11.7 Å². The maximum atomic E-state index is 10.5. The van der Waals surface area contributed by atoms with Gasteiger partial charge in [0, 0.05) is 30.7 Å². The van der Waals surface area contributed by atoms with Crippen molar-refractivity contribution in [2.45, 2.75) is 24.5 Å². The van der Waals surface area contributed by atoms with Crippen molar-refractivity contribution in [2.24, 2.45) is 17.8 Å². The average molecular weight is 277 g/mol. The molecule has 0 aromatic rings. The van der Waals surface area contributed by atoms with Gasteiger partial charge < -0.3 is 25.0 Å². The van der Waals surface area contributed by atoms with E-state index in [4.69, 9.17) is 9.47 Å². The number of ether oxygens (including phenoxy) is 2. The zero-order chi connectivity index (χ0) is 13.7. The van der Waals surface area contributed by atoms with Gasteiger partial charge >= 0.3 is 0 Å². The fraction of sp³-hybridized carbons (Fsp3) is 0.600. The molecule has 5 heteroatoms. The van der Waals surface area contributed by atoms with Gasteiger partial charge in [0.15, 0.2) is 0 Å². The number of aliphatic hydroxyl groups is 2. The molecule has 1 aliphatic carbocycles. The summed E-state index contributed by atoms with van der Waals surface area (Å²) in [7, 11) is 0. The van der Waals surface area contributed by atoms with Gasteiger partial charge in [-0.25, -0.2) is 0 Å². The van der Waals surface area contributed by atoms with E-state index in [1.54, 1.807) is 12.5 Å². The summed E-state index contributed by atoms with van der Waals surface area (Å²) < 4.78 is 11.2. The van der Waals surface area contributed by atoms with E-state index in [0.717, 1.165) is 12.2 Å². The highest BCUT2D eigenvalue weighted by atomic mass is 16.5. The Morgan fingerprint density at radius 1 is 1.30 bits per heavy atom. The lowest BCUT2D eigenvalue weighted by Crippen LogP contribution is -2.53. The van der Waals surface area contributed by atoms with Crippen LogP contribution in [0.4, 0.5) is 0 Å². The van der Waals surface area contributed by atoms with Crippen molar-refractivity contribution in [2.75, 3.05) is 13.2 Å². The summed E-state index contributed by atoms with van der Waals surface area (Å²) in [4.78, 5) is 0. The molecule has 0 aromatic carbocycles. The van der Waals surface area contributed by atoms with E-state index >= 15 is 0 Å². The van der Waals surface area contributed by atoms with Crippen LogP contribution in [0.15, 0.2) is 36.1 Å². The Morgan fingerprint density at radius 2 is 2.10 bits per heavy atom. The molecular weight excluding hydrogens is 258 g/mol. The van der Waals surface area contributed by atoms with Gasteiger partial charge in [-0.05, 0) is 18.6 Å². The first-order valence-electron chi connectivity index (χ1n) is 7.20. The van der Waals surface area contributed by atoms with Gasteiger partial charge in [0.1, 0.15) is 11.4 Å². The fourth-order valence-corrected chi connectivity index (χ4v) is 4.15. The van der Waals surface area contributed by atoms with Crippen LogP contribution in [0.5, 0.6) is 0 Å². The predicted octanol–water partition coefficient (Wildman–Crippen LogP) is 1.19. The van der Waals surface area contributed by atoms with Crippen molar-refractivity contribution in [3.05, 3.63) is 36.1 Å². The summed E-state index contributed by atoms with van der Waals surface area (Å²) >= 11 is 0. The zero-order valence-corrected chi connectivity index (χ0v) is 11.2. The third-order valence-electron chi connectivity index (χ3n) is 5.07. The molecule has 2 saturated heterocycles. The molecule has 4 aliphatic rings. The number of rotatable bonds is 0. The van der Waals surface area contributed by atoms with Crippen LogP contribution in [0.1, 0.15) is 12.8 Å². The van der Waals surface area contributed by atoms with Gasteiger partial charge in [0.25, 0.3) is 0 Å². The molecule has 108 valence electrons. The van der Waals surface area contributed by atoms with Gasteiger partial charge in [0.2, 0.25) is 0 Å². The average Bonchev–Trinajstić information content (AvgIpc) is 2.82. The molecule has 0 amide bonds. The van der Waals surface area contributed by atoms with Crippen molar-refractivity contribution in [3.63, 3.8) is 0 Å². The first-order valence-corrected chi connectivity index (χ1v) is 7.20. The number of hydrogen-bond acceptors (Lipinski definition) is 5. The van der Waals surface area contributed by atoms with Gasteiger partial charge in [-0.3, -0.25) is 0 Å². The molecule has 4 unspecified atom stereocenters. The summed E-state index contributed by atoms with van der Waals surface area (Å²) in [5.74, 6) is 0.752. The van der Waals surface area contributed by atoms with Gasteiger partial charge in [-0.1, -0.05) is 0 Å². The zero-order valence-electron chi connectivity index (χ0n) is 11.2. The van der Waals surface area contributed by atoms with Crippen molar-refractivity contribution < 1.29 is 19.7 Å². The van der Waals surface area contributed by atoms with Crippen LogP contribution in [0, 0.1) is 17.8 Å². The molecule has 0 radical (unpaired) electrons. The molecule has 0 bridgehead atoms. The Kier molecular flexibility index (Phi) is 2.62. The molecule has 1 spiro atoms. The van der Waals surface area contributed by atoms with E-state index in [1.807, 2.05) is 12.2 Å². The monoisotopic (exact) mass is 277 g/mol. The minimum absolute atomic E-state index is 0.0996. The summed E-state index contributed by atoms with van der Waals surface area (Å²) in [6, 6.07) is 0. The topological polar surface area (TPSA) is 71.0 Å². The van der Waals surface area contributed by atoms with Crippen LogP contribution >= 0.6 is 0 Å². The minimum Gasteiger partial charge on any atom is -0.511 e. The molecule has 4 rings (SSSR count). The predicted molar refractivity (Wildman–Crippen MR) is 71.4 cm³/mol. The minimum atomic E-state index is -0.514. The highest BCUT2D eigenvalue weighted by molar-refractivity contribution is 5.30. The number of nitrogens with one attached hydrogen (secondary N) is 1. The van der Waals surface area contributed by atoms with E-state index in [9.17, 15) is 10.2 Å². The van der Waals surface area contributed by atoms with Crippen LogP contribution in [0.2, 0.25) is 0 Å². The Morgan fingerprint density at radius 3 is 2.90 bits per heavy atom. The highest BCUT2D eigenvalue weighted by Crippen LogP contribution is 2.51. The van der Waals surface area contributed by atoms with Crippen molar-refractivity contribution >= 4 is 0 Å². The fourth-order valence-electron chi connectivity index (χ4n) is 4.15. The summed E-state index contributed by atoms with van der Waals surface area (Å²) in [6.07, 6.45) is 7.85. The number of piperidine rings is 1. The summed E-state index contributed by atoms with van der Waals surface area (Å²) in [5.41, 5.74) is 0.294. The summed E-state index contributed by atoms with van der Waals surface area (Å²) in [6.45, 7) is 1.43. The van der Waals surface area contributed by atoms with Crippen LogP contribution in [0.25, 0.3) is 0 Å². The second-order valence-corrected chi connectivity index (χ2v) is 6.07. The number of hydrogen-bond donors (Lipinski definition) is 3. The smallest absolute Gasteiger partial charge is 0.115 e. The maximum Gasteiger partial charge on any atom is 0.115 e. The first-order chi connectivity index (χ1) is 9.71. The Balaban J connectivity index is 1.79. The molecule has 0 aromatic heterocycles. The molecule has 3 heterocycles.